The quantitative estimate of drug-likeness (QED) is 0.802. The third kappa shape index (κ3) is 3.78. The van der Waals surface area contributed by atoms with Gasteiger partial charge in [0.05, 0.1) is 18.8 Å². The minimum absolute atomic E-state index is 0.246. The van der Waals surface area contributed by atoms with Gasteiger partial charge in [0.2, 0.25) is 0 Å². The minimum atomic E-state index is -0.729. The summed E-state index contributed by atoms with van der Waals surface area (Å²) in [4.78, 5) is 0. The first-order valence-electron chi connectivity index (χ1n) is 7.14. The second-order valence-electron chi connectivity index (χ2n) is 5.32. The van der Waals surface area contributed by atoms with Crippen molar-refractivity contribution in [3.63, 3.8) is 0 Å². The van der Waals surface area contributed by atoms with E-state index in [1.807, 2.05) is 30.3 Å². The lowest BCUT2D eigenvalue weighted by Gasteiger charge is -2.39. The van der Waals surface area contributed by atoms with Crippen LogP contribution in [0.15, 0.2) is 30.3 Å². The molecular formula is C16H24O3. The van der Waals surface area contributed by atoms with E-state index in [0.29, 0.717) is 13.2 Å². The predicted octanol–water partition coefficient (Wildman–Crippen LogP) is 3.09. The van der Waals surface area contributed by atoms with E-state index in [1.165, 1.54) is 6.42 Å². The maximum atomic E-state index is 10.9. The molecule has 0 saturated heterocycles. The van der Waals surface area contributed by atoms with Crippen molar-refractivity contribution in [2.45, 2.75) is 43.8 Å². The molecule has 1 aliphatic carbocycles. The molecule has 1 aromatic carbocycles. The van der Waals surface area contributed by atoms with Gasteiger partial charge in [-0.05, 0) is 18.4 Å². The summed E-state index contributed by atoms with van der Waals surface area (Å²) in [5.41, 5.74) is 0.330. The Morgan fingerprint density at radius 3 is 2.42 bits per heavy atom. The van der Waals surface area contributed by atoms with Crippen LogP contribution in [0.2, 0.25) is 0 Å². The summed E-state index contributed by atoms with van der Waals surface area (Å²) in [6.45, 7) is 1.07. The highest BCUT2D eigenvalue weighted by Gasteiger charge is 2.39. The van der Waals surface area contributed by atoms with Gasteiger partial charge in [0.15, 0.2) is 0 Å². The zero-order chi connectivity index (χ0) is 13.6. The summed E-state index contributed by atoms with van der Waals surface area (Å²) in [5.74, 6) is 0. The molecule has 3 heteroatoms. The van der Waals surface area contributed by atoms with Gasteiger partial charge in [-0.1, -0.05) is 49.6 Å². The van der Waals surface area contributed by atoms with Crippen molar-refractivity contribution in [3.05, 3.63) is 35.9 Å². The molecule has 106 valence electrons. The standard InChI is InChI=1S/C16H24O3/c1-18-12-13-19-15(14-8-4-2-5-9-14)16(17)10-6-3-7-11-16/h2,4-5,8-9,15,17H,3,6-7,10-13H2,1H3. The summed E-state index contributed by atoms with van der Waals surface area (Å²) in [6, 6.07) is 10.0. The van der Waals surface area contributed by atoms with Crippen LogP contribution < -0.4 is 0 Å². The molecule has 0 bridgehead atoms. The summed E-state index contributed by atoms with van der Waals surface area (Å²) in [5, 5.41) is 10.9. The fourth-order valence-corrected chi connectivity index (χ4v) is 2.86. The van der Waals surface area contributed by atoms with Gasteiger partial charge in [0.25, 0.3) is 0 Å². The third-order valence-electron chi connectivity index (χ3n) is 3.88. The van der Waals surface area contributed by atoms with Crippen molar-refractivity contribution in [1.82, 2.24) is 0 Å². The highest BCUT2D eigenvalue weighted by molar-refractivity contribution is 5.21. The molecule has 3 nitrogen and oxygen atoms in total. The third-order valence-corrected chi connectivity index (χ3v) is 3.88. The molecule has 2 rings (SSSR count). The number of benzene rings is 1. The van der Waals surface area contributed by atoms with Gasteiger partial charge in [-0.15, -0.1) is 0 Å². The first kappa shape index (κ1) is 14.5. The predicted molar refractivity (Wildman–Crippen MR) is 75.0 cm³/mol. The number of rotatable bonds is 6. The van der Waals surface area contributed by atoms with Gasteiger partial charge in [0, 0.05) is 7.11 Å². The van der Waals surface area contributed by atoms with E-state index in [0.717, 1.165) is 31.2 Å². The average molecular weight is 264 g/mol. The smallest absolute Gasteiger partial charge is 0.111 e. The maximum Gasteiger partial charge on any atom is 0.111 e. The van der Waals surface area contributed by atoms with Crippen molar-refractivity contribution >= 4 is 0 Å². The number of methoxy groups -OCH3 is 1. The lowest BCUT2D eigenvalue weighted by molar-refractivity contribution is -0.135. The van der Waals surface area contributed by atoms with Gasteiger partial charge >= 0.3 is 0 Å². The largest absolute Gasteiger partial charge is 0.387 e. The SMILES string of the molecule is COCCOC(c1ccccc1)C1(O)CCCCC1. The Hall–Kier alpha value is -0.900. The fourth-order valence-electron chi connectivity index (χ4n) is 2.86. The van der Waals surface area contributed by atoms with E-state index in [2.05, 4.69) is 0 Å². The molecule has 1 fully saturated rings. The first-order chi connectivity index (χ1) is 9.26. The van der Waals surface area contributed by atoms with Gasteiger partial charge in [-0.3, -0.25) is 0 Å². The van der Waals surface area contributed by atoms with Crippen molar-refractivity contribution in [2.24, 2.45) is 0 Å². The second kappa shape index (κ2) is 7.04. The molecule has 0 amide bonds. The van der Waals surface area contributed by atoms with E-state index >= 15 is 0 Å². The van der Waals surface area contributed by atoms with Crippen molar-refractivity contribution in [3.8, 4) is 0 Å². The number of ether oxygens (including phenoxy) is 2. The van der Waals surface area contributed by atoms with Crippen molar-refractivity contribution in [2.75, 3.05) is 20.3 Å². The van der Waals surface area contributed by atoms with Crippen LogP contribution in [-0.2, 0) is 9.47 Å². The van der Waals surface area contributed by atoms with Crippen LogP contribution in [0.25, 0.3) is 0 Å². The van der Waals surface area contributed by atoms with Gasteiger partial charge in [-0.2, -0.15) is 0 Å². The van der Waals surface area contributed by atoms with Crippen LogP contribution in [0.5, 0.6) is 0 Å². The number of hydrogen-bond acceptors (Lipinski definition) is 3. The van der Waals surface area contributed by atoms with Crippen LogP contribution in [0.1, 0.15) is 43.8 Å². The summed E-state index contributed by atoms with van der Waals surface area (Å²) in [7, 11) is 1.66. The van der Waals surface area contributed by atoms with E-state index in [1.54, 1.807) is 7.11 Å². The Morgan fingerprint density at radius 2 is 1.79 bits per heavy atom. The molecule has 19 heavy (non-hydrogen) atoms. The molecular weight excluding hydrogens is 240 g/mol. The van der Waals surface area contributed by atoms with Crippen LogP contribution in [0, 0.1) is 0 Å². The zero-order valence-corrected chi connectivity index (χ0v) is 11.7. The van der Waals surface area contributed by atoms with Crippen molar-refractivity contribution < 1.29 is 14.6 Å². The normalized spacial score (nSPS) is 20.1. The molecule has 1 unspecified atom stereocenters. The van der Waals surface area contributed by atoms with E-state index in [9.17, 15) is 5.11 Å². The summed E-state index contributed by atoms with van der Waals surface area (Å²) >= 11 is 0. The highest BCUT2D eigenvalue weighted by Crippen LogP contribution is 2.40. The van der Waals surface area contributed by atoms with E-state index < -0.39 is 5.60 Å². The molecule has 0 aliphatic heterocycles. The van der Waals surface area contributed by atoms with Crippen LogP contribution in [0.4, 0.5) is 0 Å². The summed E-state index contributed by atoms with van der Waals surface area (Å²) < 4.78 is 11.0. The molecule has 0 radical (unpaired) electrons. The van der Waals surface area contributed by atoms with Crippen LogP contribution in [-0.4, -0.2) is 31.0 Å². The maximum absolute atomic E-state index is 10.9. The Bertz CT molecular complexity index is 358. The molecule has 1 aromatic rings. The minimum Gasteiger partial charge on any atom is -0.387 e. The van der Waals surface area contributed by atoms with Crippen molar-refractivity contribution in [1.29, 1.82) is 0 Å². The van der Waals surface area contributed by atoms with Crippen LogP contribution in [0.3, 0.4) is 0 Å². The second-order valence-corrected chi connectivity index (χ2v) is 5.32. The lowest BCUT2D eigenvalue weighted by atomic mass is 9.78. The summed E-state index contributed by atoms with van der Waals surface area (Å²) in [6.07, 6.45) is 4.76. The van der Waals surface area contributed by atoms with E-state index in [4.69, 9.17) is 9.47 Å². The number of hydrogen-bond donors (Lipinski definition) is 1. The molecule has 1 atom stereocenters. The first-order valence-corrected chi connectivity index (χ1v) is 7.14. The molecule has 0 heterocycles. The highest BCUT2D eigenvalue weighted by atomic mass is 16.5. The zero-order valence-electron chi connectivity index (χ0n) is 11.7. The van der Waals surface area contributed by atoms with Crippen LogP contribution >= 0.6 is 0 Å². The molecule has 0 spiro atoms. The Kier molecular flexibility index (Phi) is 5.37. The molecule has 1 aliphatic rings. The Labute approximate surface area is 115 Å². The van der Waals surface area contributed by atoms with Gasteiger partial charge < -0.3 is 14.6 Å². The van der Waals surface area contributed by atoms with Gasteiger partial charge in [0.1, 0.15) is 6.10 Å². The monoisotopic (exact) mass is 264 g/mol. The lowest BCUT2D eigenvalue weighted by Crippen LogP contribution is -2.40. The average Bonchev–Trinajstić information content (AvgIpc) is 2.45. The molecule has 0 aromatic heterocycles. The number of aliphatic hydroxyl groups is 1. The Balaban J connectivity index is 2.13. The Morgan fingerprint density at radius 1 is 1.11 bits per heavy atom. The molecule has 1 saturated carbocycles. The van der Waals surface area contributed by atoms with E-state index in [-0.39, 0.29) is 6.10 Å². The fraction of sp³-hybridized carbons (Fsp3) is 0.625. The molecule has 1 N–H and O–H groups in total. The topological polar surface area (TPSA) is 38.7 Å². The van der Waals surface area contributed by atoms with Gasteiger partial charge in [-0.25, -0.2) is 0 Å².